The molecule has 2 atom stereocenters. The Labute approximate surface area is 125 Å². The molecule has 2 nitrogen and oxygen atoms in total. The lowest BCUT2D eigenvalue weighted by atomic mass is 10.2. The van der Waals surface area contributed by atoms with E-state index < -0.39 is 0 Å². The lowest BCUT2D eigenvalue weighted by Crippen LogP contribution is -2.33. The molecule has 1 fully saturated rings. The zero-order chi connectivity index (χ0) is 13.1. The van der Waals surface area contributed by atoms with Crippen LogP contribution in [0.25, 0.3) is 0 Å². The molecule has 1 amide bonds. The molecule has 1 aliphatic carbocycles. The zero-order valence-electron chi connectivity index (χ0n) is 10.1. The van der Waals surface area contributed by atoms with Gasteiger partial charge in [0.15, 0.2) is 0 Å². The van der Waals surface area contributed by atoms with Crippen LogP contribution in [-0.4, -0.2) is 23.5 Å². The molecule has 18 heavy (non-hydrogen) atoms. The second-order valence-electron chi connectivity index (χ2n) is 4.47. The molecule has 1 aromatic carbocycles. The van der Waals surface area contributed by atoms with Gasteiger partial charge in [0.1, 0.15) is 0 Å². The Balaban J connectivity index is 1.97. The standard InChI is InChI=1S/C13H15BrClNOS/c1-18-10-4-3-9(7-10)16-13(17)8-2-5-12(15)11(14)6-8/h2,5-6,9-10H,3-4,7H2,1H3,(H,16,17). The van der Waals surface area contributed by atoms with Crippen LogP contribution in [0.2, 0.25) is 5.02 Å². The predicted octanol–water partition coefficient (Wildman–Crippen LogP) is 4.12. The molecule has 0 radical (unpaired) electrons. The second kappa shape index (κ2) is 6.31. The van der Waals surface area contributed by atoms with Crippen LogP contribution in [0.3, 0.4) is 0 Å². The summed E-state index contributed by atoms with van der Waals surface area (Å²) in [6.07, 6.45) is 5.47. The third-order valence-electron chi connectivity index (χ3n) is 3.23. The highest BCUT2D eigenvalue weighted by atomic mass is 79.9. The molecule has 0 aromatic heterocycles. The number of hydrogen-bond donors (Lipinski definition) is 1. The summed E-state index contributed by atoms with van der Waals surface area (Å²) in [4.78, 5) is 12.1. The first-order chi connectivity index (χ1) is 8.60. The molecule has 0 spiro atoms. The number of rotatable bonds is 3. The molecule has 0 heterocycles. The van der Waals surface area contributed by atoms with Crippen molar-refractivity contribution >= 4 is 45.2 Å². The van der Waals surface area contributed by atoms with E-state index in [-0.39, 0.29) is 5.91 Å². The minimum absolute atomic E-state index is 0.0147. The van der Waals surface area contributed by atoms with Crippen molar-refractivity contribution in [1.82, 2.24) is 5.32 Å². The van der Waals surface area contributed by atoms with Gasteiger partial charge in [0.25, 0.3) is 5.91 Å². The summed E-state index contributed by atoms with van der Waals surface area (Å²) in [5.74, 6) is -0.0147. The summed E-state index contributed by atoms with van der Waals surface area (Å²) < 4.78 is 0.755. The quantitative estimate of drug-likeness (QED) is 0.890. The van der Waals surface area contributed by atoms with Crippen LogP contribution in [-0.2, 0) is 0 Å². The SMILES string of the molecule is CSC1CCC(NC(=O)c2ccc(Cl)c(Br)c2)C1. The topological polar surface area (TPSA) is 29.1 Å². The summed E-state index contributed by atoms with van der Waals surface area (Å²) in [6.45, 7) is 0. The van der Waals surface area contributed by atoms with Gasteiger partial charge in [-0.15, -0.1) is 0 Å². The molecule has 0 bridgehead atoms. The van der Waals surface area contributed by atoms with E-state index in [9.17, 15) is 4.79 Å². The van der Waals surface area contributed by atoms with Crippen molar-refractivity contribution in [2.45, 2.75) is 30.6 Å². The molecule has 1 aromatic rings. The summed E-state index contributed by atoms with van der Waals surface area (Å²) in [5, 5.41) is 4.40. The van der Waals surface area contributed by atoms with E-state index in [1.165, 1.54) is 6.42 Å². The second-order valence-corrected chi connectivity index (χ2v) is 6.87. The molecule has 1 aliphatic rings. The summed E-state index contributed by atoms with van der Waals surface area (Å²) in [6, 6.07) is 5.56. The fourth-order valence-electron chi connectivity index (χ4n) is 2.19. The summed E-state index contributed by atoms with van der Waals surface area (Å²) in [5.41, 5.74) is 0.652. The van der Waals surface area contributed by atoms with E-state index in [1.54, 1.807) is 18.2 Å². The Bertz CT molecular complexity index is 455. The number of halogens is 2. The molecule has 5 heteroatoms. The first kappa shape index (κ1) is 14.2. The van der Waals surface area contributed by atoms with Gasteiger partial charge in [-0.2, -0.15) is 11.8 Å². The highest BCUT2D eigenvalue weighted by Gasteiger charge is 2.25. The maximum Gasteiger partial charge on any atom is 0.251 e. The van der Waals surface area contributed by atoms with Crippen LogP contribution >= 0.6 is 39.3 Å². The Morgan fingerprint density at radius 1 is 1.50 bits per heavy atom. The van der Waals surface area contributed by atoms with Crippen LogP contribution in [0.5, 0.6) is 0 Å². The third kappa shape index (κ3) is 3.43. The molecular formula is C13H15BrClNOS. The monoisotopic (exact) mass is 347 g/mol. The van der Waals surface area contributed by atoms with E-state index in [4.69, 9.17) is 11.6 Å². The van der Waals surface area contributed by atoms with Crippen molar-refractivity contribution in [2.24, 2.45) is 0 Å². The highest BCUT2D eigenvalue weighted by Crippen LogP contribution is 2.28. The summed E-state index contributed by atoms with van der Waals surface area (Å²) in [7, 11) is 0. The number of nitrogens with one attached hydrogen (secondary N) is 1. The first-order valence-corrected chi connectivity index (χ1v) is 8.34. The van der Waals surface area contributed by atoms with Crippen molar-refractivity contribution in [3.63, 3.8) is 0 Å². The molecule has 2 unspecified atom stereocenters. The first-order valence-electron chi connectivity index (χ1n) is 5.89. The normalized spacial score (nSPS) is 23.1. The van der Waals surface area contributed by atoms with E-state index in [2.05, 4.69) is 27.5 Å². The largest absolute Gasteiger partial charge is 0.349 e. The number of benzene rings is 1. The molecule has 2 rings (SSSR count). The third-order valence-corrected chi connectivity index (χ3v) is 5.54. The van der Waals surface area contributed by atoms with Gasteiger partial charge in [-0.1, -0.05) is 11.6 Å². The van der Waals surface area contributed by atoms with Gasteiger partial charge in [0.05, 0.1) is 5.02 Å². The van der Waals surface area contributed by atoms with Crippen molar-refractivity contribution in [3.8, 4) is 0 Å². The highest BCUT2D eigenvalue weighted by molar-refractivity contribution is 9.10. The molecule has 0 aliphatic heterocycles. The van der Waals surface area contributed by atoms with E-state index in [1.807, 2.05) is 11.8 Å². The number of carbonyl (C=O) groups is 1. The minimum Gasteiger partial charge on any atom is -0.349 e. The van der Waals surface area contributed by atoms with Crippen molar-refractivity contribution in [3.05, 3.63) is 33.3 Å². The Hall–Kier alpha value is -0.190. The van der Waals surface area contributed by atoms with Crippen LogP contribution in [0.4, 0.5) is 0 Å². The smallest absolute Gasteiger partial charge is 0.251 e. The number of amides is 1. The lowest BCUT2D eigenvalue weighted by Gasteiger charge is -2.13. The van der Waals surface area contributed by atoms with E-state index in [0.29, 0.717) is 21.9 Å². The van der Waals surface area contributed by atoms with Gasteiger partial charge in [0.2, 0.25) is 0 Å². The molecular weight excluding hydrogens is 334 g/mol. The summed E-state index contributed by atoms with van der Waals surface area (Å²) >= 11 is 11.1. The number of hydrogen-bond acceptors (Lipinski definition) is 2. The van der Waals surface area contributed by atoms with Crippen molar-refractivity contribution < 1.29 is 4.79 Å². The van der Waals surface area contributed by atoms with Gasteiger partial charge < -0.3 is 5.32 Å². The van der Waals surface area contributed by atoms with Crippen LogP contribution in [0.15, 0.2) is 22.7 Å². The molecule has 1 saturated carbocycles. The van der Waals surface area contributed by atoms with Gasteiger partial charge in [-0.05, 0) is 59.6 Å². The molecule has 98 valence electrons. The lowest BCUT2D eigenvalue weighted by molar-refractivity contribution is 0.0938. The van der Waals surface area contributed by atoms with E-state index >= 15 is 0 Å². The van der Waals surface area contributed by atoms with Gasteiger partial charge in [-0.3, -0.25) is 4.79 Å². The van der Waals surface area contributed by atoms with Gasteiger partial charge in [-0.25, -0.2) is 0 Å². The van der Waals surface area contributed by atoms with Gasteiger partial charge >= 0.3 is 0 Å². The van der Waals surface area contributed by atoms with Crippen molar-refractivity contribution in [1.29, 1.82) is 0 Å². The number of thioether (sulfide) groups is 1. The maximum absolute atomic E-state index is 12.1. The van der Waals surface area contributed by atoms with Gasteiger partial charge in [0, 0.05) is 21.3 Å². The fraction of sp³-hybridized carbons (Fsp3) is 0.462. The number of carbonyl (C=O) groups excluding carboxylic acids is 1. The maximum atomic E-state index is 12.1. The van der Waals surface area contributed by atoms with E-state index in [0.717, 1.165) is 17.3 Å². The Morgan fingerprint density at radius 2 is 2.28 bits per heavy atom. The van der Waals surface area contributed by atoms with Crippen LogP contribution < -0.4 is 5.32 Å². The van der Waals surface area contributed by atoms with Crippen molar-refractivity contribution in [2.75, 3.05) is 6.26 Å². The average molecular weight is 349 g/mol. The Kier molecular flexibility index (Phi) is 4.98. The minimum atomic E-state index is -0.0147. The average Bonchev–Trinajstić information content (AvgIpc) is 2.80. The Morgan fingerprint density at radius 3 is 2.89 bits per heavy atom. The van der Waals surface area contributed by atoms with Crippen LogP contribution in [0.1, 0.15) is 29.6 Å². The molecule has 0 saturated heterocycles. The fourth-order valence-corrected chi connectivity index (χ4v) is 3.48. The predicted molar refractivity (Wildman–Crippen MR) is 81.6 cm³/mol. The van der Waals surface area contributed by atoms with Crippen LogP contribution in [0, 0.1) is 0 Å². The molecule has 1 N–H and O–H groups in total. The zero-order valence-corrected chi connectivity index (χ0v) is 13.2.